The molecule has 0 aromatic rings. The number of quaternary nitrogens is 1. The van der Waals surface area contributed by atoms with Gasteiger partial charge >= 0.3 is 17.9 Å². The van der Waals surface area contributed by atoms with Crippen molar-refractivity contribution >= 4 is 17.9 Å². The van der Waals surface area contributed by atoms with Gasteiger partial charge in [-0.2, -0.15) is 0 Å². The van der Waals surface area contributed by atoms with E-state index in [2.05, 4.69) is 19.1 Å². The fraction of sp³-hybridized carbons (Fsp3) is 0.853. The second kappa shape index (κ2) is 24.7. The van der Waals surface area contributed by atoms with Gasteiger partial charge in [0.25, 0.3) is 0 Å². The second-order valence-corrected chi connectivity index (χ2v) is 11.8. The highest BCUT2D eigenvalue weighted by atomic mass is 16.4. The zero-order valence-electron chi connectivity index (χ0n) is 27.0. The number of rotatable bonds is 29. The van der Waals surface area contributed by atoms with Crippen molar-refractivity contribution in [3.63, 3.8) is 0 Å². The van der Waals surface area contributed by atoms with E-state index in [1.54, 1.807) is 20.8 Å². The summed E-state index contributed by atoms with van der Waals surface area (Å²) in [6, 6.07) is -3.18. The fourth-order valence-corrected chi connectivity index (χ4v) is 6.69. The Balaban J connectivity index is 4.39. The van der Waals surface area contributed by atoms with E-state index in [0.29, 0.717) is 6.42 Å². The van der Waals surface area contributed by atoms with Crippen molar-refractivity contribution in [1.82, 2.24) is 0 Å². The molecule has 0 radical (unpaired) electrons. The molecule has 3 unspecified atom stereocenters. The minimum atomic E-state index is -1.11. The molecule has 0 aromatic carbocycles. The molecule has 41 heavy (non-hydrogen) atoms. The van der Waals surface area contributed by atoms with E-state index >= 15 is 0 Å². The van der Waals surface area contributed by atoms with Gasteiger partial charge in [-0.05, 0) is 32.1 Å². The first-order chi connectivity index (χ1) is 19.7. The van der Waals surface area contributed by atoms with Gasteiger partial charge in [0.05, 0.1) is 6.54 Å². The van der Waals surface area contributed by atoms with Crippen LogP contribution in [0.2, 0.25) is 0 Å². The number of hydrogen-bond donors (Lipinski definition) is 3. The van der Waals surface area contributed by atoms with Crippen LogP contribution in [0.15, 0.2) is 12.2 Å². The van der Waals surface area contributed by atoms with Gasteiger partial charge < -0.3 is 15.3 Å². The quantitative estimate of drug-likeness (QED) is 0.0461. The maximum atomic E-state index is 12.3. The smallest absolute Gasteiger partial charge is 0.362 e. The fourth-order valence-electron chi connectivity index (χ4n) is 6.69. The largest absolute Gasteiger partial charge is 0.477 e. The third kappa shape index (κ3) is 15.2. The number of unbranched alkanes of at least 4 members (excludes halogenated alkanes) is 16. The molecular formula is C34H64NO6+. The molecule has 0 bridgehead atoms. The molecule has 0 aliphatic rings. The molecule has 240 valence electrons. The van der Waals surface area contributed by atoms with Crippen LogP contribution >= 0.6 is 0 Å². The van der Waals surface area contributed by atoms with E-state index in [1.807, 2.05) is 0 Å². The third-order valence-corrected chi connectivity index (χ3v) is 8.82. The number of nitrogens with zero attached hydrogens (tertiary/aromatic N) is 1. The van der Waals surface area contributed by atoms with Gasteiger partial charge in [-0.1, -0.05) is 123 Å². The predicted octanol–water partition coefficient (Wildman–Crippen LogP) is 8.99. The van der Waals surface area contributed by atoms with Crippen LogP contribution in [0.4, 0.5) is 0 Å². The molecule has 0 aliphatic carbocycles. The summed E-state index contributed by atoms with van der Waals surface area (Å²) in [6.07, 6.45) is 27.0. The molecule has 3 N–H and O–H groups in total. The SMILES string of the molecule is CC/C=C/CCCCCCCCCCCCCCCCCC[N+](C(CC)C(=O)O)(C(CC)C(=O)O)C(CC)C(=O)O. The number of carboxylic acid groups (broad SMARTS) is 3. The van der Waals surface area contributed by atoms with Gasteiger partial charge in [0.15, 0.2) is 18.1 Å². The minimum Gasteiger partial charge on any atom is -0.477 e. The van der Waals surface area contributed by atoms with Crippen LogP contribution in [-0.4, -0.2) is 62.4 Å². The van der Waals surface area contributed by atoms with Crippen molar-refractivity contribution in [1.29, 1.82) is 0 Å². The Kier molecular flexibility index (Phi) is 23.5. The Labute approximate surface area is 251 Å². The molecule has 3 atom stereocenters. The Morgan fingerprint density at radius 1 is 0.488 bits per heavy atom. The molecule has 0 aromatic heterocycles. The van der Waals surface area contributed by atoms with E-state index in [4.69, 9.17) is 0 Å². The summed E-state index contributed by atoms with van der Waals surface area (Å²) in [5.74, 6) is -3.34. The van der Waals surface area contributed by atoms with Crippen molar-refractivity contribution in [2.75, 3.05) is 6.54 Å². The number of carbonyl (C=O) groups is 3. The van der Waals surface area contributed by atoms with Gasteiger partial charge in [0.2, 0.25) is 0 Å². The molecule has 0 amide bonds. The van der Waals surface area contributed by atoms with Crippen LogP contribution in [0.3, 0.4) is 0 Å². The Morgan fingerprint density at radius 3 is 1.05 bits per heavy atom. The summed E-state index contributed by atoms with van der Waals surface area (Å²) < 4.78 is -0.403. The summed E-state index contributed by atoms with van der Waals surface area (Å²) in [4.78, 5) is 36.8. The lowest BCUT2D eigenvalue weighted by Gasteiger charge is -2.49. The summed E-state index contributed by atoms with van der Waals surface area (Å²) >= 11 is 0. The number of allylic oxidation sites excluding steroid dienone is 2. The first-order valence-corrected chi connectivity index (χ1v) is 16.9. The van der Waals surface area contributed by atoms with Crippen molar-refractivity contribution in [2.24, 2.45) is 0 Å². The van der Waals surface area contributed by atoms with Gasteiger partial charge in [0, 0.05) is 19.3 Å². The van der Waals surface area contributed by atoms with E-state index in [9.17, 15) is 29.7 Å². The summed E-state index contributed by atoms with van der Waals surface area (Å²) in [5, 5.41) is 30.1. The maximum absolute atomic E-state index is 12.3. The highest BCUT2D eigenvalue weighted by Crippen LogP contribution is 2.32. The maximum Gasteiger partial charge on any atom is 0.362 e. The van der Waals surface area contributed by atoms with Crippen molar-refractivity contribution in [2.45, 2.75) is 181 Å². The van der Waals surface area contributed by atoms with E-state index in [1.165, 1.54) is 83.5 Å². The number of carboxylic acids is 3. The summed E-state index contributed by atoms with van der Waals surface area (Å²) in [7, 11) is 0. The highest BCUT2D eigenvalue weighted by Gasteiger charge is 2.55. The normalized spacial score (nSPS) is 15.4. The summed E-state index contributed by atoms with van der Waals surface area (Å²) in [6.45, 7) is 7.58. The van der Waals surface area contributed by atoms with Crippen LogP contribution in [0.1, 0.15) is 163 Å². The second-order valence-electron chi connectivity index (χ2n) is 11.8. The molecule has 0 fully saturated rings. The lowest BCUT2D eigenvalue weighted by molar-refractivity contribution is -0.973. The molecule has 0 aliphatic heterocycles. The van der Waals surface area contributed by atoms with Crippen LogP contribution in [0.25, 0.3) is 0 Å². The van der Waals surface area contributed by atoms with Gasteiger partial charge in [-0.3, -0.25) is 4.48 Å². The van der Waals surface area contributed by atoms with Crippen LogP contribution in [-0.2, 0) is 14.4 Å². The van der Waals surface area contributed by atoms with Crippen LogP contribution in [0, 0.1) is 0 Å². The first-order valence-electron chi connectivity index (χ1n) is 16.9. The average Bonchev–Trinajstić information content (AvgIpc) is 2.92. The Bertz CT molecular complexity index is 667. The molecule has 0 saturated carbocycles. The molecule has 0 heterocycles. The number of aliphatic carboxylic acids is 3. The summed E-state index contributed by atoms with van der Waals surface area (Å²) in [5.41, 5.74) is 0. The lowest BCUT2D eigenvalue weighted by atomic mass is 9.93. The average molecular weight is 583 g/mol. The topological polar surface area (TPSA) is 112 Å². The molecule has 7 nitrogen and oxygen atoms in total. The van der Waals surface area contributed by atoms with Gasteiger partial charge in [0.1, 0.15) is 0 Å². The van der Waals surface area contributed by atoms with E-state index in [-0.39, 0.29) is 25.8 Å². The third-order valence-electron chi connectivity index (χ3n) is 8.82. The number of hydrogen-bond acceptors (Lipinski definition) is 3. The zero-order valence-corrected chi connectivity index (χ0v) is 27.0. The Hall–Kier alpha value is -1.89. The monoisotopic (exact) mass is 582 g/mol. The molecule has 0 spiro atoms. The van der Waals surface area contributed by atoms with Crippen LogP contribution in [0.5, 0.6) is 0 Å². The predicted molar refractivity (Wildman–Crippen MR) is 168 cm³/mol. The standard InChI is InChI=1S/C34H63NO6/c1-5-9-10-11-12-13-14-15-16-17-18-19-20-21-22-23-24-25-26-27-28-35(29(6-2)32(36)37,30(7-3)33(38)39)31(8-4)34(40)41/h9-10,29-31H,5-8,11-28H2,1-4H3,(H2-,36,37,38,39,40,41)/p+1/b10-9+. The molecule has 0 rings (SSSR count). The molecule has 7 heteroatoms. The first kappa shape index (κ1) is 39.1. The van der Waals surface area contributed by atoms with Crippen molar-refractivity contribution in [3.8, 4) is 0 Å². The minimum absolute atomic E-state index is 0.195. The lowest BCUT2D eigenvalue weighted by Crippen LogP contribution is -2.72. The van der Waals surface area contributed by atoms with Crippen LogP contribution < -0.4 is 0 Å². The molecule has 0 saturated heterocycles. The van der Waals surface area contributed by atoms with E-state index < -0.39 is 40.5 Å². The van der Waals surface area contributed by atoms with E-state index in [0.717, 1.165) is 25.7 Å². The zero-order chi connectivity index (χ0) is 30.9. The van der Waals surface area contributed by atoms with Crippen molar-refractivity contribution in [3.05, 3.63) is 12.2 Å². The highest BCUT2D eigenvalue weighted by molar-refractivity contribution is 5.78. The van der Waals surface area contributed by atoms with Crippen molar-refractivity contribution < 1.29 is 34.2 Å². The Morgan fingerprint density at radius 2 is 0.780 bits per heavy atom. The van der Waals surface area contributed by atoms with Gasteiger partial charge in [-0.25, -0.2) is 14.4 Å². The molecular weight excluding hydrogens is 518 g/mol. The van der Waals surface area contributed by atoms with Gasteiger partial charge in [-0.15, -0.1) is 0 Å².